The number of amides is 1. The lowest BCUT2D eigenvalue weighted by Crippen LogP contribution is -2.37. The van der Waals surface area contributed by atoms with E-state index in [4.69, 9.17) is 5.11 Å². The Hall–Kier alpha value is -2.31. The van der Waals surface area contributed by atoms with E-state index < -0.39 is 29.1 Å². The molecular weight excluding hydrogens is 312 g/mol. The molecule has 0 aliphatic heterocycles. The van der Waals surface area contributed by atoms with Crippen LogP contribution in [0.25, 0.3) is 0 Å². The number of carbonyl (C=O) groups is 2. The maximum Gasteiger partial charge on any atom is 0.312 e. The third kappa shape index (κ3) is 4.84. The van der Waals surface area contributed by atoms with Gasteiger partial charge in [0.2, 0.25) is 0 Å². The summed E-state index contributed by atoms with van der Waals surface area (Å²) < 4.78 is 0. The van der Waals surface area contributed by atoms with E-state index in [-0.39, 0.29) is 23.1 Å². The fourth-order valence-corrected chi connectivity index (χ4v) is 2.39. The Morgan fingerprint density at radius 3 is 2.04 bits per heavy atom. The second-order valence-corrected chi connectivity index (χ2v) is 6.87. The maximum atomic E-state index is 12.8. The number of aromatic nitrogens is 1. The van der Waals surface area contributed by atoms with E-state index in [0.29, 0.717) is 13.1 Å². The number of hydrogen-bond acceptors (Lipinski definition) is 4. The van der Waals surface area contributed by atoms with E-state index in [1.807, 2.05) is 27.7 Å². The molecule has 7 nitrogen and oxygen atoms in total. The number of H-pyrrole nitrogens is 1. The number of carboxylic acids is 1. The minimum Gasteiger partial charge on any atom is -0.502 e. The first-order valence-corrected chi connectivity index (χ1v) is 8.02. The molecule has 0 saturated carbocycles. The Kier molecular flexibility index (Phi) is 6.57. The molecule has 7 heteroatoms. The molecule has 0 saturated heterocycles. The first kappa shape index (κ1) is 19.7. The first-order chi connectivity index (χ1) is 11.0. The van der Waals surface area contributed by atoms with Gasteiger partial charge in [0.25, 0.3) is 11.5 Å². The fraction of sp³-hybridized carbons (Fsp3) is 0.588. The van der Waals surface area contributed by atoms with E-state index in [9.17, 15) is 19.5 Å². The number of pyridine rings is 1. The largest absolute Gasteiger partial charge is 0.502 e. The van der Waals surface area contributed by atoms with E-state index in [0.717, 1.165) is 0 Å². The van der Waals surface area contributed by atoms with Crippen LogP contribution in [0.3, 0.4) is 0 Å². The van der Waals surface area contributed by atoms with Gasteiger partial charge >= 0.3 is 5.97 Å². The van der Waals surface area contributed by atoms with Crippen molar-refractivity contribution in [1.29, 1.82) is 0 Å². The molecule has 1 aromatic heterocycles. The fourth-order valence-electron chi connectivity index (χ4n) is 2.39. The van der Waals surface area contributed by atoms with Crippen molar-refractivity contribution in [2.24, 2.45) is 11.8 Å². The molecular formula is C17H26N2O5. The maximum absolute atomic E-state index is 12.8. The number of nitrogens with one attached hydrogen (secondary N) is 1. The zero-order valence-corrected chi connectivity index (χ0v) is 14.8. The zero-order valence-electron chi connectivity index (χ0n) is 14.8. The molecule has 0 radical (unpaired) electrons. The van der Waals surface area contributed by atoms with Crippen molar-refractivity contribution >= 4 is 11.9 Å². The SMILES string of the molecule is CC(C)CN(CC(C)C)C(=O)c1cc(C(C)C(=O)O)[nH]c(=O)c1O. The summed E-state index contributed by atoms with van der Waals surface area (Å²) in [5.41, 5.74) is -0.941. The van der Waals surface area contributed by atoms with Gasteiger partial charge in [0.05, 0.1) is 11.5 Å². The van der Waals surface area contributed by atoms with Gasteiger partial charge in [-0.05, 0) is 24.8 Å². The van der Waals surface area contributed by atoms with Crippen LogP contribution >= 0.6 is 0 Å². The second kappa shape index (κ2) is 7.99. The van der Waals surface area contributed by atoms with Crippen LogP contribution in [-0.2, 0) is 4.79 Å². The lowest BCUT2D eigenvalue weighted by Gasteiger charge is -2.27. The minimum absolute atomic E-state index is 0.0858. The van der Waals surface area contributed by atoms with E-state index in [1.54, 1.807) is 4.90 Å². The molecule has 0 fully saturated rings. The quantitative estimate of drug-likeness (QED) is 0.704. The van der Waals surface area contributed by atoms with E-state index >= 15 is 0 Å². The smallest absolute Gasteiger partial charge is 0.312 e. The van der Waals surface area contributed by atoms with E-state index in [1.165, 1.54) is 13.0 Å². The molecule has 1 aromatic rings. The third-order valence-electron chi connectivity index (χ3n) is 3.55. The normalized spacial score (nSPS) is 12.5. The van der Waals surface area contributed by atoms with Gasteiger partial charge < -0.3 is 20.1 Å². The number of aromatic amines is 1. The summed E-state index contributed by atoms with van der Waals surface area (Å²) in [6.07, 6.45) is 0. The van der Waals surface area contributed by atoms with Crippen LogP contribution in [0.15, 0.2) is 10.9 Å². The van der Waals surface area contributed by atoms with Crippen molar-refractivity contribution in [1.82, 2.24) is 9.88 Å². The Morgan fingerprint density at radius 2 is 1.62 bits per heavy atom. The molecule has 134 valence electrons. The summed E-state index contributed by atoms with van der Waals surface area (Å²) >= 11 is 0. The van der Waals surface area contributed by atoms with Crippen LogP contribution in [0.4, 0.5) is 0 Å². The van der Waals surface area contributed by atoms with Crippen LogP contribution in [0.5, 0.6) is 5.75 Å². The summed E-state index contributed by atoms with van der Waals surface area (Å²) in [5.74, 6) is -2.84. The van der Waals surface area contributed by atoms with Crippen molar-refractivity contribution < 1.29 is 19.8 Å². The number of hydrogen-bond donors (Lipinski definition) is 3. The molecule has 1 rings (SSSR count). The van der Waals surface area contributed by atoms with Crippen molar-refractivity contribution in [2.75, 3.05) is 13.1 Å². The van der Waals surface area contributed by atoms with Gasteiger partial charge in [0, 0.05) is 18.8 Å². The van der Waals surface area contributed by atoms with Crippen molar-refractivity contribution in [3.05, 3.63) is 27.7 Å². The lowest BCUT2D eigenvalue weighted by molar-refractivity contribution is -0.138. The number of carbonyl (C=O) groups excluding carboxylic acids is 1. The Labute approximate surface area is 141 Å². The number of nitrogens with zero attached hydrogens (tertiary/aromatic N) is 1. The van der Waals surface area contributed by atoms with Gasteiger partial charge in [-0.25, -0.2) is 0 Å². The molecule has 0 aromatic carbocycles. The van der Waals surface area contributed by atoms with Crippen LogP contribution in [0.1, 0.15) is 56.6 Å². The predicted octanol–water partition coefficient (Wildman–Crippen LogP) is 2.02. The average Bonchev–Trinajstić information content (AvgIpc) is 2.46. The Bertz CT molecular complexity index is 653. The summed E-state index contributed by atoms with van der Waals surface area (Å²) in [7, 11) is 0. The van der Waals surface area contributed by atoms with Gasteiger partial charge in [0.15, 0.2) is 5.75 Å². The lowest BCUT2D eigenvalue weighted by atomic mass is 10.0. The summed E-state index contributed by atoms with van der Waals surface area (Å²) in [6.45, 7) is 10.2. The monoisotopic (exact) mass is 338 g/mol. The molecule has 0 aliphatic rings. The van der Waals surface area contributed by atoms with Crippen LogP contribution in [-0.4, -0.2) is 45.1 Å². The van der Waals surface area contributed by atoms with Gasteiger partial charge in [-0.1, -0.05) is 27.7 Å². The summed E-state index contributed by atoms with van der Waals surface area (Å²) in [5, 5.41) is 19.1. The minimum atomic E-state index is -1.13. The standard InChI is InChI=1S/C17H26N2O5/c1-9(2)7-19(8-10(3)4)16(22)12-6-13(11(5)17(23)24)18-15(21)14(12)20/h6,9-11,20H,7-8H2,1-5H3,(H,18,21)(H,23,24). The predicted molar refractivity (Wildman–Crippen MR) is 90.4 cm³/mol. The number of aromatic hydroxyl groups is 1. The third-order valence-corrected chi connectivity index (χ3v) is 3.55. The van der Waals surface area contributed by atoms with Crippen molar-refractivity contribution in [2.45, 2.75) is 40.5 Å². The Balaban J connectivity index is 3.33. The molecule has 1 atom stereocenters. The topological polar surface area (TPSA) is 111 Å². The summed E-state index contributed by atoms with van der Waals surface area (Å²) in [6, 6.07) is 1.26. The molecule has 0 bridgehead atoms. The van der Waals surface area contributed by atoms with Crippen LogP contribution in [0, 0.1) is 11.8 Å². The number of carboxylic acid groups (broad SMARTS) is 1. The van der Waals surface area contributed by atoms with Gasteiger partial charge in [-0.3, -0.25) is 14.4 Å². The van der Waals surface area contributed by atoms with Gasteiger partial charge in [-0.2, -0.15) is 0 Å². The van der Waals surface area contributed by atoms with Gasteiger partial charge in [0.1, 0.15) is 0 Å². The highest BCUT2D eigenvalue weighted by Crippen LogP contribution is 2.21. The van der Waals surface area contributed by atoms with Crippen LogP contribution in [0.2, 0.25) is 0 Å². The molecule has 24 heavy (non-hydrogen) atoms. The highest BCUT2D eigenvalue weighted by atomic mass is 16.4. The molecule has 3 N–H and O–H groups in total. The molecule has 0 aliphatic carbocycles. The summed E-state index contributed by atoms with van der Waals surface area (Å²) in [4.78, 5) is 39.7. The average molecular weight is 338 g/mol. The van der Waals surface area contributed by atoms with Crippen LogP contribution < -0.4 is 5.56 Å². The molecule has 1 amide bonds. The van der Waals surface area contributed by atoms with Crippen molar-refractivity contribution in [3.8, 4) is 5.75 Å². The number of rotatable bonds is 7. The van der Waals surface area contributed by atoms with E-state index in [2.05, 4.69) is 4.98 Å². The molecule has 1 heterocycles. The Morgan fingerprint density at radius 1 is 1.12 bits per heavy atom. The molecule has 1 unspecified atom stereocenters. The second-order valence-electron chi connectivity index (χ2n) is 6.87. The zero-order chi connectivity index (χ0) is 18.6. The highest BCUT2D eigenvalue weighted by molar-refractivity contribution is 5.97. The molecule has 0 spiro atoms. The highest BCUT2D eigenvalue weighted by Gasteiger charge is 2.25. The number of aliphatic carboxylic acids is 1. The first-order valence-electron chi connectivity index (χ1n) is 8.02. The van der Waals surface area contributed by atoms with Crippen molar-refractivity contribution in [3.63, 3.8) is 0 Å². The van der Waals surface area contributed by atoms with Gasteiger partial charge in [-0.15, -0.1) is 0 Å².